The SMILES string of the molecule is C[C@@]12C=C(C3COC3)C[C@@H]1CC2=O. The van der Waals surface area contributed by atoms with Crippen LogP contribution in [0.1, 0.15) is 19.8 Å². The molecule has 0 radical (unpaired) electrons. The third-order valence-electron chi connectivity index (χ3n) is 4.01. The second kappa shape index (κ2) is 2.24. The van der Waals surface area contributed by atoms with Gasteiger partial charge in [0.15, 0.2) is 0 Å². The Bertz CT molecular complexity index is 301. The lowest BCUT2D eigenvalue weighted by atomic mass is 9.62. The summed E-state index contributed by atoms with van der Waals surface area (Å²) in [5, 5.41) is 0. The van der Waals surface area contributed by atoms with Gasteiger partial charge < -0.3 is 4.74 Å². The van der Waals surface area contributed by atoms with Gasteiger partial charge in [0.25, 0.3) is 0 Å². The van der Waals surface area contributed by atoms with E-state index in [1.807, 2.05) is 0 Å². The van der Waals surface area contributed by atoms with Gasteiger partial charge in [-0.2, -0.15) is 0 Å². The van der Waals surface area contributed by atoms with Gasteiger partial charge >= 0.3 is 0 Å². The maximum absolute atomic E-state index is 11.4. The van der Waals surface area contributed by atoms with Gasteiger partial charge in [-0.1, -0.05) is 11.6 Å². The van der Waals surface area contributed by atoms with Gasteiger partial charge in [-0.3, -0.25) is 4.79 Å². The van der Waals surface area contributed by atoms with E-state index in [-0.39, 0.29) is 5.41 Å². The van der Waals surface area contributed by atoms with E-state index in [1.54, 1.807) is 0 Å². The first-order valence-corrected chi connectivity index (χ1v) is 5.03. The van der Waals surface area contributed by atoms with Crippen molar-refractivity contribution in [2.45, 2.75) is 19.8 Å². The fraction of sp³-hybridized carbons (Fsp3) is 0.727. The van der Waals surface area contributed by atoms with Crippen molar-refractivity contribution in [3.8, 4) is 0 Å². The minimum absolute atomic E-state index is 0.0784. The molecule has 1 heterocycles. The van der Waals surface area contributed by atoms with E-state index in [0.29, 0.717) is 17.6 Å². The molecular formula is C11H14O2. The van der Waals surface area contributed by atoms with E-state index >= 15 is 0 Å². The number of ketones is 1. The Morgan fingerprint density at radius 1 is 1.46 bits per heavy atom. The fourth-order valence-corrected chi connectivity index (χ4v) is 2.70. The van der Waals surface area contributed by atoms with E-state index in [9.17, 15) is 4.79 Å². The Morgan fingerprint density at radius 2 is 2.23 bits per heavy atom. The van der Waals surface area contributed by atoms with Gasteiger partial charge in [0.2, 0.25) is 0 Å². The maximum Gasteiger partial charge on any atom is 0.143 e. The highest BCUT2D eigenvalue weighted by atomic mass is 16.5. The molecule has 0 N–H and O–H groups in total. The summed E-state index contributed by atoms with van der Waals surface area (Å²) in [4.78, 5) is 11.4. The molecule has 0 spiro atoms. The minimum Gasteiger partial charge on any atom is -0.380 e. The minimum atomic E-state index is -0.0784. The van der Waals surface area contributed by atoms with Crippen molar-refractivity contribution in [2.24, 2.45) is 17.3 Å². The number of fused-ring (bicyclic) bond motifs is 1. The van der Waals surface area contributed by atoms with Crippen LogP contribution in [0.2, 0.25) is 0 Å². The number of carbonyl (C=O) groups excluding carboxylic acids is 1. The maximum atomic E-state index is 11.4. The molecule has 2 fully saturated rings. The molecule has 3 rings (SSSR count). The smallest absolute Gasteiger partial charge is 0.143 e. The highest BCUT2D eigenvalue weighted by Crippen LogP contribution is 2.54. The molecule has 70 valence electrons. The molecule has 2 aliphatic carbocycles. The van der Waals surface area contributed by atoms with Crippen LogP contribution < -0.4 is 0 Å². The molecule has 0 unspecified atom stereocenters. The lowest BCUT2D eigenvalue weighted by Gasteiger charge is -2.39. The molecule has 0 amide bonds. The number of hydrogen-bond acceptors (Lipinski definition) is 2. The third kappa shape index (κ3) is 0.845. The molecule has 2 atom stereocenters. The van der Waals surface area contributed by atoms with Gasteiger partial charge in [0.05, 0.1) is 13.2 Å². The summed E-state index contributed by atoms with van der Waals surface area (Å²) in [6.45, 7) is 3.85. The Balaban J connectivity index is 1.85. The summed E-state index contributed by atoms with van der Waals surface area (Å²) in [7, 11) is 0. The molecule has 1 aliphatic heterocycles. The standard InChI is InChI=1S/C11H14O2/c1-11-4-7(8-5-13-6-8)2-9(11)3-10(11)12/h4,8-9H,2-3,5-6H2,1H3/t9-,11-/m1/s1. The van der Waals surface area contributed by atoms with Crippen LogP contribution in [0.25, 0.3) is 0 Å². The van der Waals surface area contributed by atoms with Gasteiger partial charge in [0.1, 0.15) is 5.78 Å². The molecule has 13 heavy (non-hydrogen) atoms. The number of ether oxygens (including phenoxy) is 1. The first kappa shape index (κ1) is 7.74. The van der Waals surface area contributed by atoms with Gasteiger partial charge in [-0.15, -0.1) is 0 Å². The predicted octanol–water partition coefficient (Wildman–Crippen LogP) is 1.56. The monoisotopic (exact) mass is 178 g/mol. The van der Waals surface area contributed by atoms with Crippen LogP contribution in [0.15, 0.2) is 11.6 Å². The van der Waals surface area contributed by atoms with Gasteiger partial charge in [-0.25, -0.2) is 0 Å². The molecule has 0 bridgehead atoms. The summed E-state index contributed by atoms with van der Waals surface area (Å²) in [5.74, 6) is 1.69. The molecule has 0 aromatic rings. The second-order valence-electron chi connectivity index (χ2n) is 4.76. The van der Waals surface area contributed by atoms with Crippen LogP contribution in [0, 0.1) is 17.3 Å². The van der Waals surface area contributed by atoms with Crippen molar-refractivity contribution in [3.63, 3.8) is 0 Å². The zero-order valence-electron chi connectivity index (χ0n) is 7.88. The molecule has 1 saturated carbocycles. The van der Waals surface area contributed by atoms with E-state index in [0.717, 1.165) is 26.1 Å². The highest BCUT2D eigenvalue weighted by molar-refractivity contribution is 5.94. The van der Waals surface area contributed by atoms with Gasteiger partial charge in [-0.05, 0) is 19.3 Å². The van der Waals surface area contributed by atoms with Crippen LogP contribution in [0.3, 0.4) is 0 Å². The number of allylic oxidation sites excluding steroid dienone is 1. The van der Waals surface area contributed by atoms with E-state index in [1.165, 1.54) is 5.57 Å². The predicted molar refractivity (Wildman–Crippen MR) is 48.2 cm³/mol. The first-order chi connectivity index (χ1) is 6.20. The Labute approximate surface area is 78.0 Å². The van der Waals surface area contributed by atoms with Crippen molar-refractivity contribution in [1.82, 2.24) is 0 Å². The average molecular weight is 178 g/mol. The topological polar surface area (TPSA) is 26.3 Å². The molecule has 2 nitrogen and oxygen atoms in total. The van der Waals surface area contributed by atoms with E-state index < -0.39 is 0 Å². The highest BCUT2D eigenvalue weighted by Gasteiger charge is 2.53. The van der Waals surface area contributed by atoms with Crippen molar-refractivity contribution in [1.29, 1.82) is 0 Å². The Kier molecular flexibility index (Phi) is 1.33. The molecule has 1 saturated heterocycles. The van der Waals surface area contributed by atoms with Gasteiger partial charge in [0, 0.05) is 17.8 Å². The summed E-state index contributed by atoms with van der Waals surface area (Å²) in [6.07, 6.45) is 4.19. The summed E-state index contributed by atoms with van der Waals surface area (Å²) >= 11 is 0. The van der Waals surface area contributed by atoms with Crippen LogP contribution in [-0.2, 0) is 9.53 Å². The summed E-state index contributed by atoms with van der Waals surface area (Å²) in [6, 6.07) is 0. The van der Waals surface area contributed by atoms with E-state index in [4.69, 9.17) is 4.74 Å². The van der Waals surface area contributed by atoms with Crippen LogP contribution in [-0.4, -0.2) is 19.0 Å². The van der Waals surface area contributed by atoms with Crippen LogP contribution in [0.4, 0.5) is 0 Å². The molecule has 3 aliphatic rings. The lowest BCUT2D eigenvalue weighted by molar-refractivity contribution is -0.138. The second-order valence-corrected chi connectivity index (χ2v) is 4.76. The van der Waals surface area contributed by atoms with Crippen molar-refractivity contribution < 1.29 is 9.53 Å². The third-order valence-corrected chi connectivity index (χ3v) is 4.01. The largest absolute Gasteiger partial charge is 0.380 e. The van der Waals surface area contributed by atoms with Crippen molar-refractivity contribution in [2.75, 3.05) is 13.2 Å². The molecular weight excluding hydrogens is 164 g/mol. The quantitative estimate of drug-likeness (QED) is 0.569. The Morgan fingerprint density at radius 3 is 2.69 bits per heavy atom. The van der Waals surface area contributed by atoms with E-state index in [2.05, 4.69) is 13.0 Å². The first-order valence-electron chi connectivity index (χ1n) is 5.03. The summed E-state index contributed by atoms with van der Waals surface area (Å²) in [5.41, 5.74) is 1.41. The lowest BCUT2D eigenvalue weighted by Crippen LogP contribution is -2.43. The molecule has 0 aromatic carbocycles. The van der Waals surface area contributed by atoms with Crippen molar-refractivity contribution in [3.05, 3.63) is 11.6 Å². The fourth-order valence-electron chi connectivity index (χ4n) is 2.70. The average Bonchev–Trinajstić information content (AvgIpc) is 2.23. The number of hydrogen-bond donors (Lipinski definition) is 0. The molecule has 0 aromatic heterocycles. The Hall–Kier alpha value is -0.630. The van der Waals surface area contributed by atoms with Crippen LogP contribution in [0.5, 0.6) is 0 Å². The van der Waals surface area contributed by atoms with Crippen LogP contribution >= 0.6 is 0 Å². The summed E-state index contributed by atoms with van der Waals surface area (Å²) < 4.78 is 5.17. The number of rotatable bonds is 1. The zero-order chi connectivity index (χ0) is 9.05. The molecule has 2 heteroatoms. The number of Topliss-reactive ketones (excluding diaryl/α,β-unsaturated/α-hetero) is 1. The number of carbonyl (C=O) groups is 1. The van der Waals surface area contributed by atoms with Crippen molar-refractivity contribution >= 4 is 5.78 Å². The normalized spacial score (nSPS) is 43.6. The zero-order valence-corrected chi connectivity index (χ0v) is 7.88.